The van der Waals surface area contributed by atoms with E-state index in [-0.39, 0.29) is 0 Å². The first-order chi connectivity index (χ1) is 6.54. The molecule has 14 heavy (non-hydrogen) atoms. The number of nitrogens with zero attached hydrogens (tertiary/aromatic N) is 1. The van der Waals surface area contributed by atoms with Gasteiger partial charge in [0.2, 0.25) is 0 Å². The second-order valence-electron chi connectivity index (χ2n) is 5.67. The van der Waals surface area contributed by atoms with E-state index < -0.39 is 0 Å². The van der Waals surface area contributed by atoms with Crippen molar-refractivity contribution in [3.8, 4) is 0 Å². The van der Waals surface area contributed by atoms with Crippen molar-refractivity contribution < 1.29 is 0 Å². The molecule has 0 aromatic carbocycles. The summed E-state index contributed by atoms with van der Waals surface area (Å²) in [6.45, 7) is 11.8. The van der Waals surface area contributed by atoms with Crippen molar-refractivity contribution in [3.05, 3.63) is 0 Å². The molecule has 1 heterocycles. The average Bonchev–Trinajstić information content (AvgIpc) is 1.98. The summed E-state index contributed by atoms with van der Waals surface area (Å²) in [4.78, 5) is 2.58. The van der Waals surface area contributed by atoms with Gasteiger partial charge in [0.1, 0.15) is 0 Å². The van der Waals surface area contributed by atoms with Crippen molar-refractivity contribution in [1.29, 1.82) is 0 Å². The van der Waals surface area contributed by atoms with E-state index in [2.05, 4.69) is 25.7 Å². The highest BCUT2D eigenvalue weighted by molar-refractivity contribution is 4.87. The van der Waals surface area contributed by atoms with Crippen LogP contribution in [-0.4, -0.2) is 31.1 Å². The lowest BCUT2D eigenvalue weighted by atomic mass is 9.76. The molecule has 0 amide bonds. The minimum Gasteiger partial charge on any atom is -0.330 e. The van der Waals surface area contributed by atoms with Crippen LogP contribution in [-0.2, 0) is 0 Å². The fraction of sp³-hybridized carbons (Fsp3) is 1.00. The Kier molecular flexibility index (Phi) is 4.39. The van der Waals surface area contributed by atoms with E-state index in [1.807, 2.05) is 0 Å². The lowest BCUT2D eigenvalue weighted by Gasteiger charge is -2.46. The van der Waals surface area contributed by atoms with Gasteiger partial charge >= 0.3 is 0 Å². The van der Waals surface area contributed by atoms with Gasteiger partial charge in [-0.05, 0) is 37.3 Å². The Bertz CT molecular complexity index is 154. The highest BCUT2D eigenvalue weighted by Crippen LogP contribution is 2.33. The molecule has 2 nitrogen and oxygen atoms in total. The summed E-state index contributed by atoms with van der Waals surface area (Å²) in [7, 11) is 0. The van der Waals surface area contributed by atoms with Crippen LogP contribution in [0.15, 0.2) is 0 Å². The van der Waals surface area contributed by atoms with Crippen molar-refractivity contribution >= 4 is 0 Å². The van der Waals surface area contributed by atoms with Crippen molar-refractivity contribution in [1.82, 2.24) is 4.90 Å². The van der Waals surface area contributed by atoms with Gasteiger partial charge in [0.15, 0.2) is 0 Å². The van der Waals surface area contributed by atoms with Crippen molar-refractivity contribution in [2.75, 3.05) is 26.2 Å². The molecule has 0 radical (unpaired) electrons. The first-order valence-corrected chi connectivity index (χ1v) is 5.96. The molecule has 1 aliphatic heterocycles. The molecule has 1 aliphatic rings. The fourth-order valence-electron chi connectivity index (χ4n) is 1.96. The molecule has 84 valence electrons. The zero-order chi connectivity index (χ0) is 10.6. The van der Waals surface area contributed by atoms with Crippen LogP contribution >= 0.6 is 0 Å². The number of nitrogens with two attached hydrogens (primary N) is 1. The molecular weight excluding hydrogens is 172 g/mol. The molecule has 0 spiro atoms. The number of likely N-dealkylation sites (tertiary alicyclic amines) is 1. The Morgan fingerprint density at radius 1 is 1.14 bits per heavy atom. The first-order valence-electron chi connectivity index (χ1n) is 5.96. The maximum Gasteiger partial charge on any atom is 0.00270 e. The molecule has 0 bridgehead atoms. The van der Waals surface area contributed by atoms with E-state index in [1.165, 1.54) is 38.9 Å². The summed E-state index contributed by atoms with van der Waals surface area (Å²) in [5.74, 6) is 0.914. The summed E-state index contributed by atoms with van der Waals surface area (Å²) < 4.78 is 0. The van der Waals surface area contributed by atoms with Crippen molar-refractivity contribution in [2.24, 2.45) is 17.1 Å². The van der Waals surface area contributed by atoms with Crippen LogP contribution in [0, 0.1) is 11.3 Å². The Hall–Kier alpha value is -0.0800. The minimum atomic E-state index is 0.508. The van der Waals surface area contributed by atoms with E-state index in [4.69, 9.17) is 5.73 Å². The topological polar surface area (TPSA) is 29.3 Å². The normalized spacial score (nSPS) is 19.7. The summed E-state index contributed by atoms with van der Waals surface area (Å²) in [6, 6.07) is 0. The predicted octanol–water partition coefficient (Wildman–Crippen LogP) is 2.09. The largest absolute Gasteiger partial charge is 0.330 e. The Labute approximate surface area is 88.8 Å². The summed E-state index contributed by atoms with van der Waals surface area (Å²) >= 11 is 0. The van der Waals surface area contributed by atoms with Crippen molar-refractivity contribution in [3.63, 3.8) is 0 Å². The van der Waals surface area contributed by atoms with Gasteiger partial charge in [-0.3, -0.25) is 0 Å². The third-order valence-electron chi connectivity index (χ3n) is 3.36. The van der Waals surface area contributed by atoms with Gasteiger partial charge in [0, 0.05) is 13.1 Å². The molecule has 0 aromatic heterocycles. The van der Waals surface area contributed by atoms with Crippen LogP contribution in [0.3, 0.4) is 0 Å². The number of hydrogen-bond acceptors (Lipinski definition) is 2. The van der Waals surface area contributed by atoms with Crippen LogP contribution in [0.1, 0.15) is 40.0 Å². The average molecular weight is 198 g/mol. The van der Waals surface area contributed by atoms with Gasteiger partial charge in [0.25, 0.3) is 0 Å². The minimum absolute atomic E-state index is 0.508. The second kappa shape index (κ2) is 5.13. The van der Waals surface area contributed by atoms with E-state index >= 15 is 0 Å². The highest BCUT2D eigenvalue weighted by Gasteiger charge is 2.34. The van der Waals surface area contributed by atoms with Gasteiger partial charge < -0.3 is 10.6 Å². The standard InChI is InChI=1S/C12H26N2/c1-12(2,3)11-9-14(10-11)8-6-4-5-7-13/h11H,4-10,13H2,1-3H3. The molecule has 2 N–H and O–H groups in total. The van der Waals surface area contributed by atoms with Crippen LogP contribution in [0.5, 0.6) is 0 Å². The van der Waals surface area contributed by atoms with E-state index in [0.717, 1.165) is 12.5 Å². The first kappa shape index (κ1) is 12.0. The summed E-state index contributed by atoms with van der Waals surface area (Å²) in [5.41, 5.74) is 5.97. The van der Waals surface area contributed by atoms with Gasteiger partial charge in [-0.25, -0.2) is 0 Å². The molecule has 1 fully saturated rings. The Balaban J connectivity index is 1.99. The van der Waals surface area contributed by atoms with Gasteiger partial charge in [-0.2, -0.15) is 0 Å². The summed E-state index contributed by atoms with van der Waals surface area (Å²) in [6.07, 6.45) is 3.82. The number of unbranched alkanes of at least 4 members (excludes halogenated alkanes) is 2. The van der Waals surface area contributed by atoms with Gasteiger partial charge in [0.05, 0.1) is 0 Å². The number of hydrogen-bond donors (Lipinski definition) is 1. The zero-order valence-corrected chi connectivity index (χ0v) is 10.1. The lowest BCUT2D eigenvalue weighted by molar-refractivity contribution is 0.0239. The molecule has 0 aliphatic carbocycles. The molecule has 0 aromatic rings. The Morgan fingerprint density at radius 2 is 1.79 bits per heavy atom. The third kappa shape index (κ3) is 3.58. The quantitative estimate of drug-likeness (QED) is 0.685. The van der Waals surface area contributed by atoms with Crippen LogP contribution < -0.4 is 5.73 Å². The second-order valence-corrected chi connectivity index (χ2v) is 5.67. The molecule has 2 heteroatoms. The van der Waals surface area contributed by atoms with E-state index in [1.54, 1.807) is 0 Å². The van der Waals surface area contributed by atoms with Gasteiger partial charge in [-0.15, -0.1) is 0 Å². The van der Waals surface area contributed by atoms with Gasteiger partial charge in [-0.1, -0.05) is 27.2 Å². The molecular formula is C12H26N2. The maximum absolute atomic E-state index is 5.46. The monoisotopic (exact) mass is 198 g/mol. The van der Waals surface area contributed by atoms with Crippen molar-refractivity contribution in [2.45, 2.75) is 40.0 Å². The van der Waals surface area contributed by atoms with E-state index in [9.17, 15) is 0 Å². The van der Waals surface area contributed by atoms with Crippen LogP contribution in [0.2, 0.25) is 0 Å². The smallest absolute Gasteiger partial charge is 0.00270 e. The maximum atomic E-state index is 5.46. The molecule has 0 unspecified atom stereocenters. The molecule has 1 saturated heterocycles. The van der Waals surface area contributed by atoms with E-state index in [0.29, 0.717) is 5.41 Å². The molecule has 0 saturated carbocycles. The van der Waals surface area contributed by atoms with Crippen LogP contribution in [0.4, 0.5) is 0 Å². The lowest BCUT2D eigenvalue weighted by Crippen LogP contribution is -2.52. The summed E-state index contributed by atoms with van der Waals surface area (Å²) in [5, 5.41) is 0. The third-order valence-corrected chi connectivity index (χ3v) is 3.36. The zero-order valence-electron chi connectivity index (χ0n) is 10.1. The number of rotatable bonds is 5. The predicted molar refractivity (Wildman–Crippen MR) is 62.3 cm³/mol. The highest BCUT2D eigenvalue weighted by atomic mass is 15.2. The fourth-order valence-corrected chi connectivity index (χ4v) is 1.96. The molecule has 1 rings (SSSR count). The Morgan fingerprint density at radius 3 is 2.29 bits per heavy atom. The SMILES string of the molecule is CC(C)(C)C1CN(CCCCCN)C1. The molecule has 0 atom stereocenters. The van der Waals surface area contributed by atoms with Crippen LogP contribution in [0.25, 0.3) is 0 Å².